The van der Waals surface area contributed by atoms with Crippen LogP contribution in [0.5, 0.6) is 11.5 Å². The number of aromatic nitrogens is 2. The van der Waals surface area contributed by atoms with E-state index in [0.29, 0.717) is 34.6 Å². The van der Waals surface area contributed by atoms with Gasteiger partial charge in [0.15, 0.2) is 11.5 Å². The minimum absolute atomic E-state index is 0.214. The Morgan fingerprint density at radius 1 is 1.06 bits per heavy atom. The molecule has 0 saturated heterocycles. The molecule has 2 aromatic carbocycles. The van der Waals surface area contributed by atoms with Gasteiger partial charge in [-0.3, -0.25) is 9.59 Å². The average Bonchev–Trinajstić information content (AvgIpc) is 2.76. The first-order chi connectivity index (χ1) is 15.9. The molecule has 0 radical (unpaired) electrons. The van der Waals surface area contributed by atoms with Gasteiger partial charge in [-0.2, -0.15) is 0 Å². The van der Waals surface area contributed by atoms with Crippen molar-refractivity contribution in [3.63, 3.8) is 0 Å². The summed E-state index contributed by atoms with van der Waals surface area (Å²) in [5, 5.41) is 12.9. The maximum absolute atomic E-state index is 11.5. The number of carboxylic acids is 1. The minimum atomic E-state index is -0.749. The van der Waals surface area contributed by atoms with Crippen LogP contribution < -0.4 is 14.8 Å². The highest BCUT2D eigenvalue weighted by atomic mass is 79.9. The molecule has 174 valence electrons. The quantitative estimate of drug-likeness (QED) is 0.191. The van der Waals surface area contributed by atoms with E-state index in [-0.39, 0.29) is 6.42 Å². The summed E-state index contributed by atoms with van der Waals surface area (Å²) in [6.07, 6.45) is 6.03. The molecule has 0 aliphatic carbocycles. The number of aryl methyl sites for hydroxylation is 1. The summed E-state index contributed by atoms with van der Waals surface area (Å²) < 4.78 is 11.6. The molecule has 0 saturated carbocycles. The number of carbonyl (C=O) groups excluding carboxylic acids is 1. The molecular formula is C24H26BrN3O5. The lowest BCUT2D eigenvalue weighted by atomic mass is 10.0. The maximum atomic E-state index is 11.5. The highest BCUT2D eigenvalue weighted by Crippen LogP contribution is 2.35. The summed E-state index contributed by atoms with van der Waals surface area (Å²) >= 11 is 3.53. The number of ether oxygens (including phenoxy) is 2. The van der Waals surface area contributed by atoms with Crippen LogP contribution in [0.25, 0.3) is 10.9 Å². The zero-order valence-electron chi connectivity index (χ0n) is 18.6. The third-order valence-corrected chi connectivity index (χ3v) is 5.58. The van der Waals surface area contributed by atoms with Gasteiger partial charge in [-0.15, -0.1) is 0 Å². The number of methoxy groups -OCH3 is 1. The number of nitrogens with one attached hydrogen (secondary N) is 1. The number of anilines is 2. The Kier molecular flexibility index (Phi) is 8.59. The van der Waals surface area contributed by atoms with Gasteiger partial charge < -0.3 is 19.9 Å². The van der Waals surface area contributed by atoms with Crippen molar-refractivity contribution in [1.29, 1.82) is 0 Å². The first kappa shape index (κ1) is 24.4. The Labute approximate surface area is 200 Å². The number of unbranched alkanes of at least 4 members (excludes halogenated alkanes) is 3. The molecule has 0 atom stereocenters. The van der Waals surface area contributed by atoms with Gasteiger partial charge >= 0.3 is 11.9 Å². The first-order valence-electron chi connectivity index (χ1n) is 10.7. The van der Waals surface area contributed by atoms with E-state index in [9.17, 15) is 9.59 Å². The Bertz CT molecular complexity index is 1150. The number of rotatable bonds is 11. The van der Waals surface area contributed by atoms with Gasteiger partial charge in [0, 0.05) is 35.0 Å². The number of esters is 1. The van der Waals surface area contributed by atoms with Crippen LogP contribution in [0.15, 0.2) is 41.1 Å². The number of fused-ring (bicyclic) bond motifs is 1. The van der Waals surface area contributed by atoms with E-state index in [4.69, 9.17) is 14.6 Å². The summed E-state index contributed by atoms with van der Waals surface area (Å²) in [6.45, 7) is 1.33. The summed E-state index contributed by atoms with van der Waals surface area (Å²) in [5.74, 6) is 0.0917. The molecule has 33 heavy (non-hydrogen) atoms. The van der Waals surface area contributed by atoms with E-state index in [2.05, 4.69) is 37.3 Å². The third kappa shape index (κ3) is 6.89. The van der Waals surface area contributed by atoms with Gasteiger partial charge in [-0.1, -0.05) is 34.8 Å². The Morgan fingerprint density at radius 3 is 2.58 bits per heavy atom. The smallest absolute Gasteiger partial charge is 0.308 e. The zero-order valence-corrected chi connectivity index (χ0v) is 20.1. The predicted octanol–water partition coefficient (Wildman–Crippen LogP) is 5.65. The van der Waals surface area contributed by atoms with Gasteiger partial charge in [0.2, 0.25) is 0 Å². The van der Waals surface area contributed by atoms with Crippen LogP contribution in [0, 0.1) is 0 Å². The number of halogens is 1. The molecule has 9 heteroatoms. The van der Waals surface area contributed by atoms with Crippen LogP contribution in [-0.2, 0) is 16.0 Å². The second-order valence-corrected chi connectivity index (χ2v) is 8.49. The summed E-state index contributed by atoms with van der Waals surface area (Å²) in [4.78, 5) is 30.9. The van der Waals surface area contributed by atoms with Crippen LogP contribution in [0.1, 0.15) is 44.6 Å². The van der Waals surface area contributed by atoms with Crippen molar-refractivity contribution in [2.75, 3.05) is 12.4 Å². The molecule has 1 aromatic heterocycles. The lowest BCUT2D eigenvalue weighted by molar-refractivity contribution is -0.137. The number of carboxylic acid groups (broad SMARTS) is 1. The minimum Gasteiger partial charge on any atom is -0.493 e. The molecule has 0 unspecified atom stereocenters. The lowest BCUT2D eigenvalue weighted by Crippen LogP contribution is -2.04. The summed E-state index contributed by atoms with van der Waals surface area (Å²) in [5.41, 5.74) is 2.67. The molecule has 0 bridgehead atoms. The van der Waals surface area contributed by atoms with Gasteiger partial charge in [0.05, 0.1) is 12.6 Å². The fraction of sp³-hybridized carbons (Fsp3) is 0.333. The largest absolute Gasteiger partial charge is 0.493 e. The number of carbonyl (C=O) groups is 2. The van der Waals surface area contributed by atoms with E-state index in [0.717, 1.165) is 41.4 Å². The van der Waals surface area contributed by atoms with Gasteiger partial charge in [-0.25, -0.2) is 9.97 Å². The van der Waals surface area contributed by atoms with E-state index in [1.54, 1.807) is 12.1 Å². The van der Waals surface area contributed by atoms with Crippen LogP contribution >= 0.6 is 15.9 Å². The molecule has 0 spiro atoms. The molecule has 0 aliphatic rings. The van der Waals surface area contributed by atoms with E-state index >= 15 is 0 Å². The standard InChI is InChI=1S/C24H26BrN3O5/c1-15(29)33-22-12-18-20(13-21(22)32-2)26-14-27-24(18)28-19-11-17(25)10-9-16(19)7-5-3-4-6-8-23(30)31/h9-14H,3-8H2,1-2H3,(H,30,31)(H,26,27,28). The highest BCUT2D eigenvalue weighted by molar-refractivity contribution is 9.10. The highest BCUT2D eigenvalue weighted by Gasteiger charge is 2.14. The van der Waals surface area contributed by atoms with E-state index < -0.39 is 11.9 Å². The molecule has 3 rings (SSSR count). The number of hydrogen-bond donors (Lipinski definition) is 2. The van der Waals surface area contributed by atoms with Crippen molar-refractivity contribution in [2.45, 2.75) is 45.4 Å². The topological polar surface area (TPSA) is 111 Å². The first-order valence-corrected chi connectivity index (χ1v) is 11.4. The van der Waals surface area contributed by atoms with Gasteiger partial charge in [0.1, 0.15) is 12.1 Å². The second kappa shape index (κ2) is 11.6. The van der Waals surface area contributed by atoms with Crippen molar-refractivity contribution < 1.29 is 24.2 Å². The third-order valence-electron chi connectivity index (χ3n) is 5.09. The van der Waals surface area contributed by atoms with Crippen molar-refractivity contribution in [3.8, 4) is 11.5 Å². The van der Waals surface area contributed by atoms with Crippen LogP contribution in [-0.4, -0.2) is 34.1 Å². The van der Waals surface area contributed by atoms with Crippen LogP contribution in [0.4, 0.5) is 11.5 Å². The Hall–Kier alpha value is -3.20. The Balaban J connectivity index is 1.83. The molecule has 1 heterocycles. The number of benzene rings is 2. The number of aliphatic carboxylic acids is 1. The van der Waals surface area contributed by atoms with Crippen molar-refractivity contribution >= 4 is 50.3 Å². The van der Waals surface area contributed by atoms with E-state index in [1.165, 1.54) is 20.4 Å². The molecular weight excluding hydrogens is 490 g/mol. The molecule has 8 nitrogen and oxygen atoms in total. The molecule has 0 amide bonds. The van der Waals surface area contributed by atoms with Crippen LogP contribution in [0.3, 0.4) is 0 Å². The second-order valence-electron chi connectivity index (χ2n) is 7.57. The monoisotopic (exact) mass is 515 g/mol. The average molecular weight is 516 g/mol. The Morgan fingerprint density at radius 2 is 1.85 bits per heavy atom. The fourth-order valence-electron chi connectivity index (χ4n) is 3.51. The van der Waals surface area contributed by atoms with Crippen molar-refractivity contribution in [3.05, 3.63) is 46.7 Å². The van der Waals surface area contributed by atoms with Crippen molar-refractivity contribution in [2.24, 2.45) is 0 Å². The summed E-state index contributed by atoms with van der Waals surface area (Å²) in [7, 11) is 1.50. The van der Waals surface area contributed by atoms with Gasteiger partial charge in [0.25, 0.3) is 0 Å². The molecule has 3 aromatic rings. The van der Waals surface area contributed by atoms with Gasteiger partial charge in [-0.05, 0) is 43.0 Å². The summed E-state index contributed by atoms with van der Waals surface area (Å²) in [6, 6.07) is 9.44. The zero-order chi connectivity index (χ0) is 23.8. The maximum Gasteiger partial charge on any atom is 0.308 e. The predicted molar refractivity (Wildman–Crippen MR) is 129 cm³/mol. The lowest BCUT2D eigenvalue weighted by Gasteiger charge is -2.15. The van der Waals surface area contributed by atoms with Crippen LogP contribution in [0.2, 0.25) is 0 Å². The fourth-order valence-corrected chi connectivity index (χ4v) is 3.87. The molecule has 0 fully saturated rings. The normalized spacial score (nSPS) is 10.8. The molecule has 2 N–H and O–H groups in total. The SMILES string of the molecule is COc1cc2ncnc(Nc3cc(Br)ccc3CCCCCCC(=O)O)c2cc1OC(C)=O. The van der Waals surface area contributed by atoms with Crippen molar-refractivity contribution in [1.82, 2.24) is 9.97 Å². The molecule has 0 aliphatic heterocycles. The number of hydrogen-bond acceptors (Lipinski definition) is 7. The number of nitrogens with zero attached hydrogens (tertiary/aromatic N) is 2. The van der Waals surface area contributed by atoms with E-state index in [1.807, 2.05) is 12.1 Å².